The Labute approximate surface area is 200 Å². The Morgan fingerprint density at radius 2 is 1.71 bits per heavy atom. The molecular weight excluding hydrogens is 434 g/mol. The Hall–Kier alpha value is -3.39. The Morgan fingerprint density at radius 1 is 1.00 bits per heavy atom. The fourth-order valence-electron chi connectivity index (χ4n) is 3.60. The molecule has 0 radical (unpaired) electrons. The predicted molar refractivity (Wildman–Crippen MR) is 128 cm³/mol. The van der Waals surface area contributed by atoms with E-state index in [0.717, 1.165) is 18.4 Å². The van der Waals surface area contributed by atoms with Crippen LogP contribution in [0.15, 0.2) is 54.6 Å². The predicted octanol–water partition coefficient (Wildman–Crippen LogP) is 1.82. The molecule has 0 bridgehead atoms. The zero-order chi connectivity index (χ0) is 24.7. The molecule has 0 spiro atoms. The number of hydrogen-bond acceptors (Lipinski definition) is 5. The number of aliphatic hydroxyl groups is 1. The number of methoxy groups -OCH3 is 1. The zero-order valence-electron chi connectivity index (χ0n) is 19.8. The van der Waals surface area contributed by atoms with Gasteiger partial charge in [-0.3, -0.25) is 14.4 Å². The van der Waals surface area contributed by atoms with Crippen LogP contribution in [0.1, 0.15) is 42.6 Å². The standard InChI is InChI=1S/C26H33N3O5/c1-16(2)22(29-24(31)18-10-7-11-20(15-18)34-3)25(32)28-21(14-17-8-5-4-6-9-17)23(30)26(33)27-19-12-13-19/h4-11,15-16,19,21-23,30H,12-14H2,1-3H3,(H,27,33)(H,28,32)(H,29,31). The van der Waals surface area contributed by atoms with E-state index in [1.165, 1.54) is 7.11 Å². The van der Waals surface area contributed by atoms with Crippen molar-refractivity contribution in [3.63, 3.8) is 0 Å². The molecular formula is C26H33N3O5. The number of ether oxygens (including phenoxy) is 1. The highest BCUT2D eigenvalue weighted by Crippen LogP contribution is 2.19. The smallest absolute Gasteiger partial charge is 0.252 e. The van der Waals surface area contributed by atoms with Crippen molar-refractivity contribution in [1.29, 1.82) is 0 Å². The van der Waals surface area contributed by atoms with Gasteiger partial charge in [0.2, 0.25) is 5.91 Å². The minimum atomic E-state index is -1.42. The normalized spacial score (nSPS) is 15.7. The van der Waals surface area contributed by atoms with E-state index in [1.54, 1.807) is 24.3 Å². The average Bonchev–Trinajstić information content (AvgIpc) is 3.65. The summed E-state index contributed by atoms with van der Waals surface area (Å²) >= 11 is 0. The van der Waals surface area contributed by atoms with Crippen LogP contribution in [0.2, 0.25) is 0 Å². The summed E-state index contributed by atoms with van der Waals surface area (Å²) in [5.41, 5.74) is 1.23. The lowest BCUT2D eigenvalue weighted by atomic mass is 9.98. The van der Waals surface area contributed by atoms with E-state index < -0.39 is 35.9 Å². The lowest BCUT2D eigenvalue weighted by Crippen LogP contribution is -2.57. The maximum Gasteiger partial charge on any atom is 0.252 e. The molecule has 3 amide bonds. The van der Waals surface area contributed by atoms with Gasteiger partial charge in [-0.1, -0.05) is 50.2 Å². The molecule has 1 aliphatic rings. The van der Waals surface area contributed by atoms with E-state index >= 15 is 0 Å². The monoisotopic (exact) mass is 467 g/mol. The third-order valence-corrected chi connectivity index (χ3v) is 5.77. The maximum absolute atomic E-state index is 13.2. The van der Waals surface area contributed by atoms with Crippen LogP contribution in [-0.4, -0.2) is 54.2 Å². The zero-order valence-corrected chi connectivity index (χ0v) is 19.8. The van der Waals surface area contributed by atoms with Crippen LogP contribution in [0.25, 0.3) is 0 Å². The van der Waals surface area contributed by atoms with Gasteiger partial charge in [0.15, 0.2) is 6.10 Å². The van der Waals surface area contributed by atoms with Crippen LogP contribution < -0.4 is 20.7 Å². The van der Waals surface area contributed by atoms with E-state index in [0.29, 0.717) is 11.3 Å². The van der Waals surface area contributed by atoms with Crippen molar-refractivity contribution < 1.29 is 24.2 Å². The molecule has 3 atom stereocenters. The minimum Gasteiger partial charge on any atom is -0.497 e. The summed E-state index contributed by atoms with van der Waals surface area (Å²) in [6, 6.07) is 14.3. The summed E-state index contributed by atoms with van der Waals surface area (Å²) in [6.07, 6.45) is 0.618. The third-order valence-electron chi connectivity index (χ3n) is 5.77. The summed E-state index contributed by atoms with van der Waals surface area (Å²) in [7, 11) is 1.51. The Balaban J connectivity index is 1.74. The van der Waals surface area contributed by atoms with Crippen molar-refractivity contribution >= 4 is 17.7 Å². The van der Waals surface area contributed by atoms with Crippen LogP contribution in [-0.2, 0) is 16.0 Å². The first-order valence-corrected chi connectivity index (χ1v) is 11.6. The first-order valence-electron chi connectivity index (χ1n) is 11.6. The largest absolute Gasteiger partial charge is 0.497 e. The lowest BCUT2D eigenvalue weighted by molar-refractivity contribution is -0.133. The van der Waals surface area contributed by atoms with Gasteiger partial charge < -0.3 is 25.8 Å². The third kappa shape index (κ3) is 7.05. The van der Waals surface area contributed by atoms with Gasteiger partial charge in [-0.15, -0.1) is 0 Å². The van der Waals surface area contributed by atoms with Crippen LogP contribution in [0.4, 0.5) is 0 Å². The molecule has 8 heteroatoms. The molecule has 0 saturated heterocycles. The average molecular weight is 468 g/mol. The second kappa shape index (κ2) is 11.7. The van der Waals surface area contributed by atoms with E-state index in [1.807, 2.05) is 44.2 Å². The fourth-order valence-corrected chi connectivity index (χ4v) is 3.60. The molecule has 34 heavy (non-hydrogen) atoms. The van der Waals surface area contributed by atoms with Gasteiger partial charge >= 0.3 is 0 Å². The quantitative estimate of drug-likeness (QED) is 0.402. The van der Waals surface area contributed by atoms with Gasteiger partial charge in [-0.25, -0.2) is 0 Å². The molecule has 3 unspecified atom stereocenters. The highest BCUT2D eigenvalue weighted by atomic mass is 16.5. The van der Waals surface area contributed by atoms with Crippen molar-refractivity contribution in [2.24, 2.45) is 5.92 Å². The Bertz CT molecular complexity index is 991. The van der Waals surface area contributed by atoms with E-state index in [9.17, 15) is 19.5 Å². The first kappa shape index (κ1) is 25.2. The number of carbonyl (C=O) groups is 3. The molecule has 1 saturated carbocycles. The van der Waals surface area contributed by atoms with Gasteiger partial charge in [0.25, 0.3) is 11.8 Å². The fraction of sp³-hybridized carbons (Fsp3) is 0.423. The lowest BCUT2D eigenvalue weighted by Gasteiger charge is -2.28. The molecule has 1 fully saturated rings. The Kier molecular flexibility index (Phi) is 8.65. The number of nitrogens with one attached hydrogen (secondary N) is 3. The molecule has 2 aromatic rings. The van der Waals surface area contributed by atoms with Crippen LogP contribution in [0.3, 0.4) is 0 Å². The minimum absolute atomic E-state index is 0.0841. The first-order chi connectivity index (χ1) is 16.3. The van der Waals surface area contributed by atoms with Gasteiger partial charge in [0.05, 0.1) is 13.2 Å². The molecule has 2 aromatic carbocycles. The Morgan fingerprint density at radius 3 is 2.32 bits per heavy atom. The molecule has 0 aromatic heterocycles. The molecule has 4 N–H and O–H groups in total. The van der Waals surface area contributed by atoms with Gasteiger partial charge in [0.1, 0.15) is 11.8 Å². The molecule has 8 nitrogen and oxygen atoms in total. The number of amides is 3. The van der Waals surface area contributed by atoms with Crippen molar-refractivity contribution in [1.82, 2.24) is 16.0 Å². The number of aliphatic hydroxyl groups excluding tert-OH is 1. The number of carbonyl (C=O) groups excluding carboxylic acids is 3. The van der Waals surface area contributed by atoms with E-state index in [4.69, 9.17) is 4.74 Å². The second-order valence-corrected chi connectivity index (χ2v) is 8.96. The maximum atomic E-state index is 13.2. The number of benzene rings is 2. The molecule has 0 heterocycles. The summed E-state index contributed by atoms with van der Waals surface area (Å²) in [4.78, 5) is 38.6. The topological polar surface area (TPSA) is 117 Å². The second-order valence-electron chi connectivity index (χ2n) is 8.96. The van der Waals surface area contributed by atoms with Crippen LogP contribution >= 0.6 is 0 Å². The van der Waals surface area contributed by atoms with E-state index in [2.05, 4.69) is 16.0 Å². The summed E-state index contributed by atoms with van der Waals surface area (Å²) < 4.78 is 5.17. The van der Waals surface area contributed by atoms with Crippen LogP contribution in [0.5, 0.6) is 5.75 Å². The highest BCUT2D eigenvalue weighted by molar-refractivity contribution is 5.98. The molecule has 182 valence electrons. The summed E-state index contributed by atoms with van der Waals surface area (Å²) in [6.45, 7) is 3.64. The van der Waals surface area contributed by atoms with Gasteiger partial charge in [-0.05, 0) is 48.9 Å². The molecule has 0 aliphatic heterocycles. The van der Waals surface area contributed by atoms with Gasteiger partial charge in [-0.2, -0.15) is 0 Å². The van der Waals surface area contributed by atoms with Crippen molar-refractivity contribution in [3.05, 3.63) is 65.7 Å². The molecule has 3 rings (SSSR count). The summed E-state index contributed by atoms with van der Waals surface area (Å²) in [5, 5.41) is 19.1. The van der Waals surface area contributed by atoms with Crippen molar-refractivity contribution in [2.45, 2.75) is 57.3 Å². The van der Waals surface area contributed by atoms with E-state index in [-0.39, 0.29) is 18.4 Å². The number of hydrogen-bond donors (Lipinski definition) is 4. The summed E-state index contributed by atoms with van der Waals surface area (Å²) in [5.74, 6) is -1.09. The van der Waals surface area contributed by atoms with Crippen LogP contribution in [0, 0.1) is 5.92 Å². The number of rotatable bonds is 11. The SMILES string of the molecule is COc1cccc(C(=O)NC(C(=O)NC(Cc2ccccc2)C(O)C(=O)NC2CC2)C(C)C)c1. The van der Waals surface area contributed by atoms with Gasteiger partial charge in [0, 0.05) is 11.6 Å². The molecule has 1 aliphatic carbocycles. The van der Waals surface area contributed by atoms with Crippen molar-refractivity contribution in [2.75, 3.05) is 7.11 Å². The van der Waals surface area contributed by atoms with Crippen molar-refractivity contribution in [3.8, 4) is 5.75 Å². The highest BCUT2D eigenvalue weighted by Gasteiger charge is 2.34.